The number of carbonyl (C=O) groups excluding carboxylic acids is 1. The lowest BCUT2D eigenvalue weighted by molar-refractivity contribution is -0.115. The molecule has 0 radical (unpaired) electrons. The number of benzene rings is 3. The Kier molecular flexibility index (Phi) is 4.37. The van der Waals surface area contributed by atoms with Crippen molar-refractivity contribution in [2.75, 3.05) is 11.1 Å². The van der Waals surface area contributed by atoms with Crippen LogP contribution in [-0.4, -0.2) is 21.2 Å². The van der Waals surface area contributed by atoms with Gasteiger partial charge in [-0.1, -0.05) is 72.4 Å². The zero-order valence-corrected chi connectivity index (χ0v) is 16.1. The predicted octanol–water partition coefficient (Wildman–Crippen LogP) is 4.99. The highest BCUT2D eigenvalue weighted by atomic mass is 32.2. The Bertz CT molecular complexity index is 1150. The monoisotopic (exact) mass is 385 g/mol. The van der Waals surface area contributed by atoms with Crippen molar-refractivity contribution in [3.63, 3.8) is 0 Å². The first-order valence-corrected chi connectivity index (χ1v) is 10.3. The lowest BCUT2D eigenvalue weighted by atomic mass is 10.0. The first kappa shape index (κ1) is 17.1. The van der Waals surface area contributed by atoms with Crippen molar-refractivity contribution in [1.29, 1.82) is 0 Å². The Morgan fingerprint density at radius 2 is 1.86 bits per heavy atom. The summed E-state index contributed by atoms with van der Waals surface area (Å²) in [7, 11) is 0. The highest BCUT2D eigenvalue weighted by Gasteiger charge is 2.17. The summed E-state index contributed by atoms with van der Waals surface area (Å²) in [4.78, 5) is 17.5. The first-order chi connectivity index (χ1) is 13.8. The van der Waals surface area contributed by atoms with E-state index in [1.54, 1.807) is 11.8 Å². The molecule has 0 saturated carbocycles. The van der Waals surface area contributed by atoms with Crippen molar-refractivity contribution in [3.8, 4) is 11.3 Å². The second-order valence-electron chi connectivity index (χ2n) is 6.86. The fraction of sp³-hybridized carbons (Fsp3) is 0.130. The molecule has 0 fully saturated rings. The molecule has 5 heteroatoms. The number of nitrogens with one attached hydrogen (secondary N) is 1. The average Bonchev–Trinajstić information content (AvgIpc) is 3.31. The second-order valence-corrected chi connectivity index (χ2v) is 7.92. The van der Waals surface area contributed by atoms with Gasteiger partial charge in [0, 0.05) is 24.1 Å². The maximum atomic E-state index is 12.8. The zero-order valence-electron chi connectivity index (χ0n) is 15.3. The molecule has 0 atom stereocenters. The van der Waals surface area contributed by atoms with Gasteiger partial charge in [-0.15, -0.1) is 0 Å². The topological polar surface area (TPSA) is 46.9 Å². The number of thioether (sulfide) groups is 1. The van der Waals surface area contributed by atoms with Crippen molar-refractivity contribution in [2.45, 2.75) is 18.1 Å². The Labute approximate surface area is 167 Å². The van der Waals surface area contributed by atoms with Gasteiger partial charge in [0.1, 0.15) is 0 Å². The summed E-state index contributed by atoms with van der Waals surface area (Å²) < 4.78 is 2.18. The summed E-state index contributed by atoms with van der Waals surface area (Å²) >= 11 is 1.77. The van der Waals surface area contributed by atoms with Gasteiger partial charge in [-0.25, -0.2) is 4.98 Å². The van der Waals surface area contributed by atoms with Gasteiger partial charge in [-0.3, -0.25) is 4.79 Å². The summed E-state index contributed by atoms with van der Waals surface area (Å²) in [6.45, 7) is 0.989. The number of fused-ring (bicyclic) bond motifs is 2. The number of aryl methyl sites for hydroxylation is 1. The van der Waals surface area contributed by atoms with Crippen molar-refractivity contribution in [3.05, 3.63) is 78.5 Å². The molecule has 1 aliphatic rings. The van der Waals surface area contributed by atoms with Gasteiger partial charge in [0.05, 0.1) is 17.8 Å². The smallest absolute Gasteiger partial charge is 0.228 e. The zero-order chi connectivity index (χ0) is 18.9. The predicted molar refractivity (Wildman–Crippen MR) is 115 cm³/mol. The largest absolute Gasteiger partial charge is 0.325 e. The summed E-state index contributed by atoms with van der Waals surface area (Å²) in [5.74, 6) is 1.05. The molecule has 2 heterocycles. The molecular weight excluding hydrogens is 366 g/mol. The number of rotatable bonds is 4. The van der Waals surface area contributed by atoms with Crippen LogP contribution in [0.3, 0.4) is 0 Å². The Morgan fingerprint density at radius 3 is 2.79 bits per heavy atom. The molecular formula is C23H19N3OS. The molecule has 28 heavy (non-hydrogen) atoms. The molecule has 1 N–H and O–H groups in total. The van der Waals surface area contributed by atoms with Gasteiger partial charge < -0.3 is 9.88 Å². The molecule has 5 rings (SSSR count). The third-order valence-corrected chi connectivity index (χ3v) is 5.98. The molecule has 4 nitrogen and oxygen atoms in total. The summed E-state index contributed by atoms with van der Waals surface area (Å²) in [5.41, 5.74) is 3.69. The molecule has 0 aliphatic carbocycles. The van der Waals surface area contributed by atoms with E-state index in [1.807, 2.05) is 48.5 Å². The third kappa shape index (κ3) is 3.18. The highest BCUT2D eigenvalue weighted by molar-refractivity contribution is 7.99. The number of carbonyl (C=O) groups is 1. The van der Waals surface area contributed by atoms with Crippen molar-refractivity contribution in [1.82, 2.24) is 9.55 Å². The normalized spacial score (nSPS) is 12.9. The molecule has 1 amide bonds. The third-order valence-electron chi connectivity index (χ3n) is 5.01. The van der Waals surface area contributed by atoms with Gasteiger partial charge in [0.15, 0.2) is 5.16 Å². The molecule has 4 aromatic rings. The number of hydrogen-bond acceptors (Lipinski definition) is 3. The quantitative estimate of drug-likeness (QED) is 0.538. The van der Waals surface area contributed by atoms with Crippen LogP contribution < -0.4 is 5.32 Å². The average molecular weight is 385 g/mol. The van der Waals surface area contributed by atoms with E-state index < -0.39 is 0 Å². The van der Waals surface area contributed by atoms with E-state index in [-0.39, 0.29) is 5.91 Å². The van der Waals surface area contributed by atoms with Gasteiger partial charge >= 0.3 is 0 Å². The Balaban J connectivity index is 1.41. The van der Waals surface area contributed by atoms with E-state index in [9.17, 15) is 4.79 Å². The summed E-state index contributed by atoms with van der Waals surface area (Å²) in [6.07, 6.45) is 2.41. The summed E-state index contributed by atoms with van der Waals surface area (Å²) in [5, 5.41) is 6.41. The van der Waals surface area contributed by atoms with Crippen molar-refractivity contribution < 1.29 is 4.79 Å². The van der Waals surface area contributed by atoms with E-state index in [0.717, 1.165) is 50.7 Å². The molecule has 0 spiro atoms. The number of anilines is 1. The number of nitrogens with zero attached hydrogens (tertiary/aromatic N) is 2. The Morgan fingerprint density at radius 1 is 1.04 bits per heavy atom. The molecule has 1 aliphatic heterocycles. The summed E-state index contributed by atoms with van der Waals surface area (Å²) in [6, 6.07) is 22.1. The van der Waals surface area contributed by atoms with Gasteiger partial charge in [0.2, 0.25) is 5.91 Å². The second kappa shape index (κ2) is 7.17. The van der Waals surface area contributed by atoms with Crippen LogP contribution in [0.5, 0.6) is 0 Å². The molecule has 1 aromatic heterocycles. The van der Waals surface area contributed by atoms with E-state index >= 15 is 0 Å². The van der Waals surface area contributed by atoms with Crippen LogP contribution in [0.1, 0.15) is 5.56 Å². The molecule has 138 valence electrons. The lowest BCUT2D eigenvalue weighted by Crippen LogP contribution is -2.15. The molecule has 0 unspecified atom stereocenters. The fourth-order valence-electron chi connectivity index (χ4n) is 3.67. The van der Waals surface area contributed by atoms with Crippen molar-refractivity contribution >= 4 is 34.1 Å². The molecule has 3 aromatic carbocycles. The number of imidazole rings is 1. The molecule has 0 bridgehead atoms. The highest BCUT2D eigenvalue weighted by Crippen LogP contribution is 2.32. The first-order valence-electron chi connectivity index (χ1n) is 9.34. The van der Waals surface area contributed by atoms with Crippen LogP contribution in [0, 0.1) is 0 Å². The van der Waals surface area contributed by atoms with Crippen LogP contribution in [-0.2, 0) is 17.8 Å². The van der Waals surface area contributed by atoms with Gasteiger partial charge in [-0.05, 0) is 22.4 Å². The van der Waals surface area contributed by atoms with Crippen LogP contribution in [0.4, 0.5) is 5.69 Å². The van der Waals surface area contributed by atoms with Crippen molar-refractivity contribution in [2.24, 2.45) is 0 Å². The van der Waals surface area contributed by atoms with Crippen LogP contribution in [0.25, 0.3) is 22.0 Å². The lowest BCUT2D eigenvalue weighted by Gasteiger charge is -2.11. The Hall–Kier alpha value is -3.05. The van der Waals surface area contributed by atoms with E-state index in [4.69, 9.17) is 4.98 Å². The van der Waals surface area contributed by atoms with E-state index in [2.05, 4.69) is 34.3 Å². The SMILES string of the molecule is O=C(Cc1cccc2ccccc12)Nc1ccccc1-c1cn2c(n1)SCC2. The van der Waals surface area contributed by atoms with Crippen LogP contribution >= 0.6 is 11.8 Å². The van der Waals surface area contributed by atoms with Gasteiger partial charge in [-0.2, -0.15) is 0 Å². The number of amides is 1. The van der Waals surface area contributed by atoms with Crippen LogP contribution in [0.15, 0.2) is 78.1 Å². The van der Waals surface area contributed by atoms with Crippen LogP contribution in [0.2, 0.25) is 0 Å². The van der Waals surface area contributed by atoms with Gasteiger partial charge in [0.25, 0.3) is 0 Å². The minimum Gasteiger partial charge on any atom is -0.325 e. The number of para-hydroxylation sites is 1. The standard InChI is InChI=1S/C23H19N3OS/c27-22(14-17-8-5-7-16-6-1-2-9-18(16)17)24-20-11-4-3-10-19(20)21-15-26-12-13-28-23(26)25-21/h1-11,15H,12-14H2,(H,24,27). The van der Waals surface area contributed by atoms with E-state index in [1.165, 1.54) is 0 Å². The van der Waals surface area contributed by atoms with E-state index in [0.29, 0.717) is 6.42 Å². The fourth-order valence-corrected chi connectivity index (χ4v) is 4.61. The minimum absolute atomic E-state index is 0.0232. The maximum Gasteiger partial charge on any atom is 0.228 e. The number of hydrogen-bond donors (Lipinski definition) is 1. The maximum absolute atomic E-state index is 12.8. The number of aromatic nitrogens is 2. The molecule has 0 saturated heterocycles. The minimum atomic E-state index is -0.0232.